The molecule has 0 N–H and O–H groups in total. The molecular weight excluding hydrogens is 919 g/mol. The van der Waals surface area contributed by atoms with Crippen molar-refractivity contribution in [1.82, 2.24) is 0 Å². The van der Waals surface area contributed by atoms with Gasteiger partial charge in [-0.25, -0.2) is 0 Å². The van der Waals surface area contributed by atoms with Crippen LogP contribution in [0.3, 0.4) is 0 Å². The Labute approximate surface area is 411 Å². The van der Waals surface area contributed by atoms with Crippen molar-refractivity contribution < 1.29 is 85.3 Å². The lowest BCUT2D eigenvalue weighted by atomic mass is 9.83. The SMILES string of the molecule is COCC1O[C@@H](O[C@H]2C(C)C(C)[C@@H](O[C@H]3C(C)C(OC)[C@H](O[C@H]4C5CO[C@H](O5)C(N=[N+]=[N-])[C@@H]4OC)O[C@H]3COC)O[C@H]2COC)C(OC)[C@@H](C)[C@@H]1O[C@@H]1OC2COC(c3ccccc3)O[C@H]2[C@H](C)C1C. The Morgan fingerprint density at radius 2 is 0.986 bits per heavy atom. The molecule has 0 aliphatic carbocycles. The Hall–Kier alpha value is -2.19. The molecule has 7 fully saturated rings. The summed E-state index contributed by atoms with van der Waals surface area (Å²) in [5, 5.41) is 3.92. The smallest absolute Gasteiger partial charge is 0.185 e. The molecule has 396 valence electrons. The largest absolute Gasteiger partial charge is 0.382 e. The molecule has 0 spiro atoms. The van der Waals surface area contributed by atoms with Crippen LogP contribution in [0.25, 0.3) is 10.4 Å². The van der Waals surface area contributed by atoms with Crippen LogP contribution in [-0.4, -0.2) is 193 Å². The maximum atomic E-state index is 9.31. The summed E-state index contributed by atoms with van der Waals surface area (Å²) in [5.74, 6) is -0.701. The summed E-state index contributed by atoms with van der Waals surface area (Å²) in [6, 6.07) is 9.20. The number of hydrogen-bond acceptors (Lipinski definition) is 19. The molecule has 2 bridgehead atoms. The van der Waals surface area contributed by atoms with E-state index in [0.29, 0.717) is 6.61 Å². The van der Waals surface area contributed by atoms with E-state index in [1.54, 1.807) is 35.5 Å². The molecule has 1 aromatic carbocycles. The number of fused-ring (bicyclic) bond motifs is 3. The second-order valence-electron chi connectivity index (χ2n) is 19.9. The van der Waals surface area contributed by atoms with Crippen LogP contribution in [0, 0.1) is 35.5 Å². The number of rotatable bonds is 19. The van der Waals surface area contributed by atoms with E-state index in [2.05, 4.69) is 44.6 Å². The van der Waals surface area contributed by atoms with Gasteiger partial charge in [-0.15, -0.1) is 0 Å². The number of hydrogen-bond donors (Lipinski definition) is 0. The molecule has 21 nitrogen and oxygen atoms in total. The molecule has 7 aliphatic rings. The number of nitrogens with zero attached hydrogens (tertiary/aromatic N) is 3. The van der Waals surface area contributed by atoms with Gasteiger partial charge in [-0.2, -0.15) is 0 Å². The first-order valence-corrected chi connectivity index (χ1v) is 24.8. The molecular formula is C49H77N3O18. The predicted molar refractivity (Wildman–Crippen MR) is 245 cm³/mol. The van der Waals surface area contributed by atoms with E-state index < -0.39 is 111 Å². The van der Waals surface area contributed by atoms with Crippen LogP contribution in [0.1, 0.15) is 53.4 Å². The second-order valence-corrected chi connectivity index (χ2v) is 19.9. The van der Waals surface area contributed by atoms with Gasteiger partial charge in [0, 0.05) is 76.8 Å². The monoisotopic (exact) mass is 996 g/mol. The van der Waals surface area contributed by atoms with Crippen molar-refractivity contribution in [2.45, 2.75) is 165 Å². The Morgan fingerprint density at radius 3 is 1.53 bits per heavy atom. The van der Waals surface area contributed by atoms with Gasteiger partial charge < -0.3 is 85.3 Å². The van der Waals surface area contributed by atoms with Gasteiger partial charge in [-0.05, 0) is 17.4 Å². The summed E-state index contributed by atoms with van der Waals surface area (Å²) in [7, 11) is 9.67. The Bertz CT molecular complexity index is 1820. The lowest BCUT2D eigenvalue weighted by molar-refractivity contribution is -0.383. The lowest BCUT2D eigenvalue weighted by Gasteiger charge is -2.52. The van der Waals surface area contributed by atoms with E-state index in [-0.39, 0.29) is 74.1 Å². The van der Waals surface area contributed by atoms with E-state index in [9.17, 15) is 5.53 Å². The van der Waals surface area contributed by atoms with Crippen LogP contribution in [-0.2, 0) is 85.3 Å². The molecule has 7 heterocycles. The second kappa shape index (κ2) is 24.4. The topological polar surface area (TPSA) is 215 Å². The molecule has 8 rings (SSSR count). The van der Waals surface area contributed by atoms with Gasteiger partial charge in [0.15, 0.2) is 37.7 Å². The maximum absolute atomic E-state index is 9.31. The van der Waals surface area contributed by atoms with E-state index in [1.165, 1.54) is 7.11 Å². The number of methoxy groups -OCH3 is 6. The molecule has 26 atom stereocenters. The molecule has 70 heavy (non-hydrogen) atoms. The molecule has 0 amide bonds. The Balaban J connectivity index is 0.929. The molecule has 21 heteroatoms. The van der Waals surface area contributed by atoms with Crippen molar-refractivity contribution in [3.8, 4) is 0 Å². The lowest BCUT2D eigenvalue weighted by Crippen LogP contribution is -2.63. The fourth-order valence-electron chi connectivity index (χ4n) is 11.5. The summed E-state index contributed by atoms with van der Waals surface area (Å²) < 4.78 is 114. The highest BCUT2D eigenvalue weighted by Gasteiger charge is 2.57. The van der Waals surface area contributed by atoms with Crippen molar-refractivity contribution in [3.05, 3.63) is 46.3 Å². The van der Waals surface area contributed by atoms with Gasteiger partial charge in [-0.3, -0.25) is 0 Å². The van der Waals surface area contributed by atoms with Crippen LogP contribution in [0.5, 0.6) is 0 Å². The highest BCUT2D eigenvalue weighted by atomic mass is 16.8. The fourth-order valence-corrected chi connectivity index (χ4v) is 11.5. The molecule has 7 saturated heterocycles. The minimum Gasteiger partial charge on any atom is -0.382 e. The maximum Gasteiger partial charge on any atom is 0.185 e. The van der Waals surface area contributed by atoms with Gasteiger partial charge >= 0.3 is 0 Å². The molecule has 1 aromatic rings. The first kappa shape index (κ1) is 54.1. The Kier molecular flexibility index (Phi) is 18.9. The average Bonchev–Trinajstić information content (AvgIpc) is 3.80. The fraction of sp³-hybridized carbons (Fsp3) is 0.878. The number of benzene rings is 1. The van der Waals surface area contributed by atoms with Crippen LogP contribution in [0.15, 0.2) is 35.4 Å². The van der Waals surface area contributed by atoms with Gasteiger partial charge in [0.25, 0.3) is 0 Å². The Morgan fingerprint density at radius 1 is 0.500 bits per heavy atom. The van der Waals surface area contributed by atoms with Crippen LogP contribution in [0.2, 0.25) is 0 Å². The third-order valence-electron chi connectivity index (χ3n) is 15.8. The van der Waals surface area contributed by atoms with Gasteiger partial charge in [0.05, 0.1) is 63.6 Å². The zero-order valence-corrected chi connectivity index (χ0v) is 42.6. The zero-order chi connectivity index (χ0) is 49.8. The normalized spacial score (nSPS) is 47.3. The van der Waals surface area contributed by atoms with Crippen LogP contribution >= 0.6 is 0 Å². The van der Waals surface area contributed by atoms with E-state index in [1.807, 2.05) is 37.3 Å². The molecule has 7 aliphatic heterocycles. The summed E-state index contributed by atoms with van der Waals surface area (Å²) in [6.07, 6.45) is -10.8. The van der Waals surface area contributed by atoms with Gasteiger partial charge in [0.2, 0.25) is 0 Å². The summed E-state index contributed by atoms with van der Waals surface area (Å²) in [6.45, 7) is 13.9. The van der Waals surface area contributed by atoms with Crippen LogP contribution < -0.4 is 0 Å². The first-order valence-electron chi connectivity index (χ1n) is 24.8. The predicted octanol–water partition coefficient (Wildman–Crippen LogP) is 4.78. The average molecular weight is 996 g/mol. The summed E-state index contributed by atoms with van der Waals surface area (Å²) in [4.78, 5) is 3.01. The molecule has 0 aromatic heterocycles. The molecule has 0 saturated carbocycles. The van der Waals surface area contributed by atoms with Crippen molar-refractivity contribution in [3.63, 3.8) is 0 Å². The van der Waals surface area contributed by atoms with Gasteiger partial charge in [-0.1, -0.05) is 77.0 Å². The molecule has 0 radical (unpaired) electrons. The third-order valence-corrected chi connectivity index (χ3v) is 15.8. The van der Waals surface area contributed by atoms with Gasteiger partial charge in [0.1, 0.15) is 54.9 Å². The quantitative estimate of drug-likeness (QED) is 0.104. The van der Waals surface area contributed by atoms with E-state index in [0.717, 1.165) is 5.56 Å². The zero-order valence-electron chi connectivity index (χ0n) is 42.6. The highest BCUT2D eigenvalue weighted by Crippen LogP contribution is 2.44. The van der Waals surface area contributed by atoms with Crippen molar-refractivity contribution in [2.24, 2.45) is 40.6 Å². The van der Waals surface area contributed by atoms with E-state index in [4.69, 9.17) is 85.3 Å². The van der Waals surface area contributed by atoms with Crippen molar-refractivity contribution >= 4 is 0 Å². The first-order chi connectivity index (χ1) is 33.9. The standard InChI is InChI=1S/C49H77N3O18/c1-23-25(3)44(66-39-28(6)41(57-11)49(65-32(39)20-55-9)70-42-34-22-60-47(63-34)35(51-52-50)43(42)58-12)61-30(18-53-7)36(23)69-48-40(56-10)27(5)38(31(64-48)19-54-8)67-45-26(4)24(2)37-33(62-45)21-59-46(68-37)29-16-14-13-15-17-29/h13-17,23-28,30-49H,18-22H2,1-12H3/t23?,24-,25?,26?,27+,28?,30+,31?,32+,33?,34?,35?,36+,37+,38+,39+,40?,41?,42+,43+,44-,45+,46?,47-,48+,49+/m1/s1. The van der Waals surface area contributed by atoms with Crippen LogP contribution in [0.4, 0.5) is 0 Å². The molecule has 11 unspecified atom stereocenters. The van der Waals surface area contributed by atoms with E-state index >= 15 is 0 Å². The number of azide groups is 1. The summed E-state index contributed by atoms with van der Waals surface area (Å²) in [5.41, 5.74) is 10.3. The minimum absolute atomic E-state index is 0.0127. The van der Waals surface area contributed by atoms with Crippen molar-refractivity contribution in [1.29, 1.82) is 0 Å². The third kappa shape index (κ3) is 11.1. The summed E-state index contributed by atoms with van der Waals surface area (Å²) >= 11 is 0. The van der Waals surface area contributed by atoms with Crippen molar-refractivity contribution in [2.75, 3.05) is 75.7 Å². The minimum atomic E-state index is -0.889. The number of ether oxygens (including phenoxy) is 18. The highest BCUT2D eigenvalue weighted by molar-refractivity contribution is 5.16.